The molecule has 0 spiro atoms. The van der Waals surface area contributed by atoms with Crippen LogP contribution in [-0.2, 0) is 0 Å². The molecule has 2 aliphatic rings. The summed E-state index contributed by atoms with van der Waals surface area (Å²) in [5, 5.41) is 0. The van der Waals surface area contributed by atoms with Gasteiger partial charge in [0, 0.05) is 24.5 Å². The average Bonchev–Trinajstić information content (AvgIpc) is 2.56. The second-order valence-electron chi connectivity index (χ2n) is 6.79. The van der Waals surface area contributed by atoms with Gasteiger partial charge in [0.2, 0.25) is 0 Å². The van der Waals surface area contributed by atoms with Gasteiger partial charge in [0.15, 0.2) is 0 Å². The summed E-state index contributed by atoms with van der Waals surface area (Å²) in [5.41, 5.74) is 7.89. The zero-order chi connectivity index (χ0) is 14.7. The van der Waals surface area contributed by atoms with Crippen molar-refractivity contribution in [3.05, 3.63) is 30.1 Å². The highest BCUT2D eigenvalue weighted by Gasteiger charge is 2.38. The minimum absolute atomic E-state index is 0.216. The molecule has 1 aliphatic heterocycles. The van der Waals surface area contributed by atoms with Gasteiger partial charge in [0.05, 0.1) is 6.04 Å². The number of hydrogen-bond donors (Lipinski definition) is 1. The Bertz CT molecular complexity index is 431. The number of piperidine rings is 1. The number of likely N-dealkylation sites (tertiary alicyclic amines) is 1. The van der Waals surface area contributed by atoms with Crippen molar-refractivity contribution in [1.82, 2.24) is 9.88 Å². The molecule has 1 aromatic rings. The van der Waals surface area contributed by atoms with Crippen molar-refractivity contribution in [2.24, 2.45) is 11.7 Å². The number of aromatic nitrogens is 1. The third-order valence-electron chi connectivity index (χ3n) is 5.57. The summed E-state index contributed by atoms with van der Waals surface area (Å²) in [6.45, 7) is 3.42. The second-order valence-corrected chi connectivity index (χ2v) is 6.79. The minimum Gasteiger partial charge on any atom is -0.326 e. The molecule has 1 aliphatic carbocycles. The van der Waals surface area contributed by atoms with Gasteiger partial charge in [-0.05, 0) is 62.3 Å². The predicted molar refractivity (Wildman–Crippen MR) is 86.9 cm³/mol. The van der Waals surface area contributed by atoms with E-state index in [1.807, 2.05) is 12.4 Å². The predicted octanol–water partition coefficient (Wildman–Crippen LogP) is 3.51. The van der Waals surface area contributed by atoms with E-state index < -0.39 is 0 Å². The van der Waals surface area contributed by atoms with Crippen LogP contribution in [0.1, 0.15) is 63.5 Å². The first-order valence-electron chi connectivity index (χ1n) is 8.72. The molecular formula is C18H29N3. The first-order valence-corrected chi connectivity index (χ1v) is 8.72. The van der Waals surface area contributed by atoms with Crippen molar-refractivity contribution in [3.63, 3.8) is 0 Å². The quantitative estimate of drug-likeness (QED) is 0.921. The first-order chi connectivity index (χ1) is 10.3. The molecule has 0 radical (unpaired) electrons. The standard InChI is InChI=1S/C18H29N3/c1-2-16(19)18(15-9-11-20-12-10-15)21-13-5-7-14-6-3-4-8-17(14)21/h9-12,14,16-18H,2-8,13,19H2,1H3. The maximum Gasteiger partial charge on any atom is 0.0503 e. The van der Waals surface area contributed by atoms with E-state index >= 15 is 0 Å². The molecular weight excluding hydrogens is 258 g/mol. The van der Waals surface area contributed by atoms with Gasteiger partial charge in [0.25, 0.3) is 0 Å². The lowest BCUT2D eigenvalue weighted by molar-refractivity contribution is 0.0154. The van der Waals surface area contributed by atoms with Crippen LogP contribution in [0.5, 0.6) is 0 Å². The molecule has 2 N–H and O–H groups in total. The van der Waals surface area contributed by atoms with Crippen LogP contribution >= 0.6 is 0 Å². The molecule has 2 heterocycles. The highest BCUT2D eigenvalue weighted by Crippen LogP contribution is 2.40. The van der Waals surface area contributed by atoms with Gasteiger partial charge in [-0.25, -0.2) is 0 Å². The van der Waals surface area contributed by atoms with Crippen LogP contribution in [0.4, 0.5) is 0 Å². The first kappa shape index (κ1) is 15.0. The number of nitrogens with two attached hydrogens (primary N) is 1. The normalized spacial score (nSPS) is 29.6. The van der Waals surface area contributed by atoms with E-state index in [9.17, 15) is 0 Å². The van der Waals surface area contributed by atoms with E-state index in [4.69, 9.17) is 5.73 Å². The number of pyridine rings is 1. The van der Waals surface area contributed by atoms with Crippen molar-refractivity contribution >= 4 is 0 Å². The van der Waals surface area contributed by atoms with E-state index in [-0.39, 0.29) is 6.04 Å². The molecule has 116 valence electrons. The maximum atomic E-state index is 6.54. The molecule has 1 aromatic heterocycles. The third-order valence-corrected chi connectivity index (χ3v) is 5.57. The summed E-state index contributed by atoms with van der Waals surface area (Å²) in [6, 6.07) is 5.65. The number of rotatable bonds is 4. The number of nitrogens with zero attached hydrogens (tertiary/aromatic N) is 2. The van der Waals surface area contributed by atoms with Crippen LogP contribution in [0.15, 0.2) is 24.5 Å². The zero-order valence-electron chi connectivity index (χ0n) is 13.2. The molecule has 3 rings (SSSR count). The van der Waals surface area contributed by atoms with E-state index in [0.717, 1.165) is 18.4 Å². The van der Waals surface area contributed by atoms with Crippen LogP contribution in [0.2, 0.25) is 0 Å². The van der Waals surface area contributed by atoms with Gasteiger partial charge >= 0.3 is 0 Å². The second kappa shape index (κ2) is 6.89. The van der Waals surface area contributed by atoms with E-state index in [1.165, 1.54) is 50.6 Å². The Kier molecular flexibility index (Phi) is 4.91. The highest BCUT2D eigenvalue weighted by molar-refractivity contribution is 5.18. The maximum absolute atomic E-state index is 6.54. The fourth-order valence-corrected chi connectivity index (χ4v) is 4.48. The van der Waals surface area contributed by atoms with E-state index in [0.29, 0.717) is 6.04 Å². The smallest absolute Gasteiger partial charge is 0.0503 e. The number of fused-ring (bicyclic) bond motifs is 1. The van der Waals surface area contributed by atoms with Gasteiger partial charge in [-0.1, -0.05) is 19.8 Å². The summed E-state index contributed by atoms with van der Waals surface area (Å²) >= 11 is 0. The summed E-state index contributed by atoms with van der Waals surface area (Å²) in [6.07, 6.45) is 13.2. The lowest BCUT2D eigenvalue weighted by Gasteiger charge is -2.49. The van der Waals surface area contributed by atoms with Crippen molar-refractivity contribution in [2.45, 2.75) is 70.0 Å². The summed E-state index contributed by atoms with van der Waals surface area (Å²) < 4.78 is 0. The summed E-state index contributed by atoms with van der Waals surface area (Å²) in [7, 11) is 0. The molecule has 4 unspecified atom stereocenters. The lowest BCUT2D eigenvalue weighted by atomic mass is 9.76. The van der Waals surface area contributed by atoms with Crippen LogP contribution in [0, 0.1) is 5.92 Å². The largest absolute Gasteiger partial charge is 0.326 e. The molecule has 4 atom stereocenters. The Labute approximate surface area is 128 Å². The molecule has 0 bridgehead atoms. The molecule has 3 heteroatoms. The van der Waals surface area contributed by atoms with Crippen molar-refractivity contribution in [2.75, 3.05) is 6.54 Å². The zero-order valence-corrected chi connectivity index (χ0v) is 13.2. The summed E-state index contributed by atoms with van der Waals surface area (Å²) in [4.78, 5) is 6.93. The van der Waals surface area contributed by atoms with Crippen LogP contribution in [0.25, 0.3) is 0 Å². The van der Waals surface area contributed by atoms with E-state index in [1.54, 1.807) is 0 Å². The molecule has 1 saturated carbocycles. The summed E-state index contributed by atoms with van der Waals surface area (Å²) in [5.74, 6) is 0.904. The van der Waals surface area contributed by atoms with Crippen LogP contribution in [0.3, 0.4) is 0 Å². The minimum atomic E-state index is 0.216. The van der Waals surface area contributed by atoms with Crippen LogP contribution < -0.4 is 5.73 Å². The fraction of sp³-hybridized carbons (Fsp3) is 0.722. The fourth-order valence-electron chi connectivity index (χ4n) is 4.48. The number of hydrogen-bond acceptors (Lipinski definition) is 3. The molecule has 0 amide bonds. The molecule has 0 aromatic carbocycles. The van der Waals surface area contributed by atoms with Gasteiger partial charge < -0.3 is 5.73 Å². The topological polar surface area (TPSA) is 42.1 Å². The molecule has 1 saturated heterocycles. The Morgan fingerprint density at radius 1 is 1.19 bits per heavy atom. The SMILES string of the molecule is CCC(N)C(c1ccncc1)N1CCCC2CCCCC21. The van der Waals surface area contributed by atoms with Crippen molar-refractivity contribution in [1.29, 1.82) is 0 Å². The molecule has 3 nitrogen and oxygen atoms in total. The van der Waals surface area contributed by atoms with Gasteiger partial charge in [-0.15, -0.1) is 0 Å². The Morgan fingerprint density at radius 2 is 1.90 bits per heavy atom. The Hall–Kier alpha value is -0.930. The Morgan fingerprint density at radius 3 is 2.67 bits per heavy atom. The molecule has 2 fully saturated rings. The molecule has 21 heavy (non-hydrogen) atoms. The monoisotopic (exact) mass is 287 g/mol. The lowest BCUT2D eigenvalue weighted by Crippen LogP contribution is -2.52. The van der Waals surface area contributed by atoms with Gasteiger partial charge in [-0.3, -0.25) is 9.88 Å². The van der Waals surface area contributed by atoms with Crippen molar-refractivity contribution in [3.8, 4) is 0 Å². The average molecular weight is 287 g/mol. The van der Waals surface area contributed by atoms with Crippen molar-refractivity contribution < 1.29 is 0 Å². The Balaban J connectivity index is 1.88. The van der Waals surface area contributed by atoms with Gasteiger partial charge in [-0.2, -0.15) is 0 Å². The van der Waals surface area contributed by atoms with Gasteiger partial charge in [0.1, 0.15) is 0 Å². The van der Waals surface area contributed by atoms with E-state index in [2.05, 4.69) is 28.9 Å². The van der Waals surface area contributed by atoms with Crippen LogP contribution in [-0.4, -0.2) is 28.5 Å². The highest BCUT2D eigenvalue weighted by atomic mass is 15.2. The third kappa shape index (κ3) is 3.14.